The van der Waals surface area contributed by atoms with Gasteiger partial charge < -0.3 is 25.0 Å². The van der Waals surface area contributed by atoms with Crippen molar-refractivity contribution in [1.29, 1.82) is 0 Å². The summed E-state index contributed by atoms with van der Waals surface area (Å²) in [4.78, 5) is 17.0. The molecule has 2 bridgehead atoms. The number of rotatable bonds is 5. The minimum absolute atomic E-state index is 0.0102. The summed E-state index contributed by atoms with van der Waals surface area (Å²) in [6, 6.07) is 9.50. The van der Waals surface area contributed by atoms with E-state index in [1.165, 1.54) is 18.9 Å². The molecule has 44 heavy (non-hydrogen) atoms. The molecule has 2 N–H and O–H groups in total. The quantitative estimate of drug-likeness (QED) is 0.429. The first kappa shape index (κ1) is 27.1. The number of alkyl halides is 1. The van der Waals surface area contributed by atoms with Gasteiger partial charge in [0.25, 0.3) is 0 Å². The van der Waals surface area contributed by atoms with E-state index >= 15 is 8.78 Å². The highest BCUT2D eigenvalue weighted by Crippen LogP contribution is 2.55. The number of aromatic hydroxyl groups is 1. The topological polar surface area (TPSA) is 77.0 Å². The molecular weight excluding hydrogens is 562 g/mol. The Labute approximate surface area is 256 Å². The summed E-state index contributed by atoms with van der Waals surface area (Å²) in [6.45, 7) is 4.24. The lowest BCUT2D eigenvalue weighted by Crippen LogP contribution is -2.52. The summed E-state index contributed by atoms with van der Waals surface area (Å²) in [7, 11) is 0. The van der Waals surface area contributed by atoms with Crippen molar-refractivity contribution < 1.29 is 18.6 Å². The fraction of sp³-hybridized carbons (Fsp3) is 0.588. The van der Waals surface area contributed by atoms with Gasteiger partial charge in [-0.25, -0.2) is 8.78 Å². The molecule has 5 fully saturated rings. The molecule has 5 atom stereocenters. The van der Waals surface area contributed by atoms with Gasteiger partial charge in [-0.1, -0.05) is 12.1 Å². The third kappa shape index (κ3) is 4.20. The number of ether oxygens (including phenoxy) is 1. The lowest BCUT2D eigenvalue weighted by molar-refractivity contribution is 0.0808. The fourth-order valence-corrected chi connectivity index (χ4v) is 9.73. The number of hydrogen-bond donors (Lipinski definition) is 2. The second-order valence-electron chi connectivity index (χ2n) is 14.2. The lowest BCUT2D eigenvalue weighted by atomic mass is 9.88. The SMILES string of the molecule is Oc1cc(N2CCc3c(nc(OC[C@@]45CCCN4[C@H]4CCC[C@@]4(F)C5)nc3N3CC4CCC(C3)N4)C2)c2c(F)cccc2c1. The minimum atomic E-state index is -1.11. The molecule has 5 aliphatic heterocycles. The van der Waals surface area contributed by atoms with Gasteiger partial charge in [0, 0.05) is 61.2 Å². The number of hydrogen-bond acceptors (Lipinski definition) is 8. The van der Waals surface area contributed by atoms with Crippen molar-refractivity contribution in [2.75, 3.05) is 42.6 Å². The molecule has 1 saturated carbocycles. The molecule has 2 aromatic carbocycles. The van der Waals surface area contributed by atoms with E-state index in [1.807, 2.05) is 6.07 Å². The van der Waals surface area contributed by atoms with Crippen LogP contribution in [-0.4, -0.2) is 82.1 Å². The number of anilines is 2. The van der Waals surface area contributed by atoms with Crippen molar-refractivity contribution in [2.24, 2.45) is 0 Å². The number of nitrogens with zero attached hydrogens (tertiary/aromatic N) is 5. The van der Waals surface area contributed by atoms with Crippen LogP contribution in [0, 0.1) is 5.82 Å². The summed E-state index contributed by atoms with van der Waals surface area (Å²) in [6.07, 6.45) is 8.15. The van der Waals surface area contributed by atoms with Crippen LogP contribution in [0.4, 0.5) is 20.3 Å². The largest absolute Gasteiger partial charge is 0.508 e. The third-order valence-corrected chi connectivity index (χ3v) is 11.6. The predicted octanol–water partition coefficient (Wildman–Crippen LogP) is 4.86. The van der Waals surface area contributed by atoms with Gasteiger partial charge in [0.2, 0.25) is 0 Å². The number of phenolic OH excluding ortho intramolecular Hbond substituents is 1. The van der Waals surface area contributed by atoms with Gasteiger partial charge in [-0.2, -0.15) is 9.97 Å². The van der Waals surface area contributed by atoms with Crippen LogP contribution >= 0.6 is 0 Å². The Morgan fingerprint density at radius 1 is 1.02 bits per heavy atom. The van der Waals surface area contributed by atoms with Crippen molar-refractivity contribution in [3.05, 3.63) is 47.4 Å². The van der Waals surface area contributed by atoms with E-state index in [4.69, 9.17) is 14.7 Å². The maximum absolute atomic E-state index is 16.0. The number of nitrogens with one attached hydrogen (secondary N) is 1. The normalized spacial score (nSPS) is 32.7. The molecule has 8 nitrogen and oxygen atoms in total. The molecule has 9 rings (SSSR count). The molecule has 6 heterocycles. The number of fused-ring (bicyclic) bond motifs is 7. The minimum Gasteiger partial charge on any atom is -0.508 e. The summed E-state index contributed by atoms with van der Waals surface area (Å²) in [5.74, 6) is 0.750. The Kier molecular flexibility index (Phi) is 6.08. The number of phenols is 1. The van der Waals surface area contributed by atoms with Crippen LogP contribution < -0.4 is 19.9 Å². The van der Waals surface area contributed by atoms with Crippen LogP contribution in [0.1, 0.15) is 62.6 Å². The number of piperazine rings is 1. The summed E-state index contributed by atoms with van der Waals surface area (Å²) >= 11 is 0. The van der Waals surface area contributed by atoms with Gasteiger partial charge in [-0.3, -0.25) is 4.90 Å². The molecule has 1 aliphatic carbocycles. The Morgan fingerprint density at radius 3 is 2.75 bits per heavy atom. The summed E-state index contributed by atoms with van der Waals surface area (Å²) in [5.41, 5.74) is 1.26. The number of aromatic nitrogens is 2. The van der Waals surface area contributed by atoms with E-state index in [1.54, 1.807) is 18.2 Å². The highest BCUT2D eigenvalue weighted by Gasteiger charge is 2.63. The van der Waals surface area contributed by atoms with Gasteiger partial charge >= 0.3 is 6.01 Å². The van der Waals surface area contributed by atoms with Crippen LogP contribution in [0.2, 0.25) is 0 Å². The summed E-state index contributed by atoms with van der Waals surface area (Å²) in [5, 5.41) is 15.4. The number of benzene rings is 2. The standard InChI is InChI=1S/C34H40F2N6O2/c35-26-5-1-4-21-14-24(43)15-28(30(21)26)40-13-9-25-27(18-40)38-32(39-31(25)41-16-22-7-8-23(17-41)37-22)44-20-33-10-3-12-42(33)29-6-2-11-34(29,36)19-33/h1,4-5,14-15,22-23,29,37,43H,2-3,6-13,16-20H2/t22?,23?,29-,33-,34+/m0/s1. The average Bonchev–Trinajstić information content (AvgIpc) is 3.73. The van der Waals surface area contributed by atoms with E-state index in [0.29, 0.717) is 73.5 Å². The van der Waals surface area contributed by atoms with E-state index < -0.39 is 5.67 Å². The van der Waals surface area contributed by atoms with Crippen LogP contribution in [0.25, 0.3) is 10.8 Å². The average molecular weight is 603 g/mol. The van der Waals surface area contributed by atoms with Crippen molar-refractivity contribution in [2.45, 2.75) is 93.7 Å². The maximum Gasteiger partial charge on any atom is 0.318 e. The predicted molar refractivity (Wildman–Crippen MR) is 165 cm³/mol. The molecule has 0 spiro atoms. The maximum atomic E-state index is 16.0. The van der Waals surface area contributed by atoms with E-state index in [0.717, 1.165) is 62.4 Å². The second kappa shape index (κ2) is 9.88. The Morgan fingerprint density at radius 2 is 1.89 bits per heavy atom. The zero-order valence-corrected chi connectivity index (χ0v) is 25.1. The van der Waals surface area contributed by atoms with Gasteiger partial charge in [0.1, 0.15) is 29.7 Å². The molecule has 232 valence electrons. The van der Waals surface area contributed by atoms with Crippen LogP contribution in [-0.2, 0) is 13.0 Å². The van der Waals surface area contributed by atoms with Gasteiger partial charge in [-0.05, 0) is 75.4 Å². The van der Waals surface area contributed by atoms with Crippen LogP contribution in [0.3, 0.4) is 0 Å². The molecule has 4 saturated heterocycles. The summed E-state index contributed by atoms with van der Waals surface area (Å²) < 4.78 is 37.7. The van der Waals surface area contributed by atoms with Crippen molar-refractivity contribution in [3.63, 3.8) is 0 Å². The van der Waals surface area contributed by atoms with Crippen molar-refractivity contribution in [1.82, 2.24) is 20.2 Å². The molecular formula is C34H40F2N6O2. The van der Waals surface area contributed by atoms with Gasteiger partial charge in [0.05, 0.1) is 23.5 Å². The molecule has 2 unspecified atom stereocenters. The molecule has 10 heteroatoms. The first-order valence-corrected chi connectivity index (χ1v) is 16.5. The number of halogens is 2. The highest BCUT2D eigenvalue weighted by atomic mass is 19.1. The molecule has 6 aliphatic rings. The van der Waals surface area contributed by atoms with Crippen LogP contribution in [0.15, 0.2) is 30.3 Å². The Bertz CT molecular complexity index is 1630. The van der Waals surface area contributed by atoms with E-state index in [-0.39, 0.29) is 23.1 Å². The smallest absolute Gasteiger partial charge is 0.318 e. The molecule has 0 radical (unpaired) electrons. The first-order chi connectivity index (χ1) is 21.4. The fourth-order valence-electron chi connectivity index (χ4n) is 9.73. The lowest BCUT2D eigenvalue weighted by Gasteiger charge is -2.38. The first-order valence-electron chi connectivity index (χ1n) is 16.5. The van der Waals surface area contributed by atoms with Gasteiger partial charge in [-0.15, -0.1) is 0 Å². The Balaban J connectivity index is 1.07. The second-order valence-corrected chi connectivity index (χ2v) is 14.2. The molecule has 3 aromatic rings. The zero-order chi connectivity index (χ0) is 29.6. The molecule has 0 amide bonds. The van der Waals surface area contributed by atoms with E-state index in [9.17, 15) is 5.11 Å². The Hall–Kier alpha value is -3.24. The van der Waals surface area contributed by atoms with Crippen LogP contribution in [0.5, 0.6) is 11.8 Å². The molecule has 1 aromatic heterocycles. The van der Waals surface area contributed by atoms with Crippen molar-refractivity contribution in [3.8, 4) is 11.8 Å². The third-order valence-electron chi connectivity index (χ3n) is 11.6. The highest BCUT2D eigenvalue weighted by molar-refractivity contribution is 5.96. The monoisotopic (exact) mass is 602 g/mol. The van der Waals surface area contributed by atoms with Gasteiger partial charge in [0.15, 0.2) is 0 Å². The van der Waals surface area contributed by atoms with Crippen molar-refractivity contribution >= 4 is 22.3 Å². The van der Waals surface area contributed by atoms with E-state index in [2.05, 4.69) is 20.0 Å². The zero-order valence-electron chi connectivity index (χ0n) is 25.1.